The van der Waals surface area contributed by atoms with E-state index in [0.717, 1.165) is 26.6 Å². The Balaban J connectivity index is 1.90. The van der Waals surface area contributed by atoms with Crippen molar-refractivity contribution in [1.82, 2.24) is 15.5 Å². The minimum absolute atomic E-state index is 0.922. The Kier molecular flexibility index (Phi) is 2.92. The Bertz CT molecular complexity index is 242. The smallest absolute Gasteiger partial charge is 0.0506 e. The normalized spacial score (nSPS) is 18.8. The molecule has 2 rings (SSSR count). The van der Waals surface area contributed by atoms with Crippen molar-refractivity contribution in [2.75, 3.05) is 20.0 Å². The van der Waals surface area contributed by atoms with Crippen LogP contribution in [0.1, 0.15) is 5.56 Å². The molecule has 0 aliphatic carbocycles. The van der Waals surface area contributed by atoms with Crippen molar-refractivity contribution in [3.63, 3.8) is 0 Å². The molecule has 0 unspecified atom stereocenters. The lowest BCUT2D eigenvalue weighted by atomic mass is 10.2. The van der Waals surface area contributed by atoms with Gasteiger partial charge in [-0.2, -0.15) is 0 Å². The number of rotatable bonds is 2. The van der Waals surface area contributed by atoms with E-state index in [1.807, 2.05) is 0 Å². The lowest BCUT2D eigenvalue weighted by Gasteiger charge is -2.28. The summed E-state index contributed by atoms with van der Waals surface area (Å²) in [6.07, 6.45) is 0. The predicted octanol–water partition coefficient (Wildman–Crippen LogP) is 0.554. The first-order valence-corrected chi connectivity index (χ1v) is 4.63. The van der Waals surface area contributed by atoms with Gasteiger partial charge in [-0.15, -0.1) is 0 Å². The Hall–Kier alpha value is -0.900. The van der Waals surface area contributed by atoms with Crippen LogP contribution in [-0.4, -0.2) is 24.9 Å². The largest absolute Gasteiger partial charge is 0.292 e. The minimum Gasteiger partial charge on any atom is -0.292 e. The van der Waals surface area contributed by atoms with Crippen LogP contribution in [-0.2, 0) is 6.54 Å². The van der Waals surface area contributed by atoms with Crippen molar-refractivity contribution in [3.8, 4) is 0 Å². The second-order valence-corrected chi connectivity index (χ2v) is 3.31. The van der Waals surface area contributed by atoms with Gasteiger partial charge in [0, 0.05) is 13.2 Å². The van der Waals surface area contributed by atoms with E-state index in [1.54, 1.807) is 0 Å². The van der Waals surface area contributed by atoms with E-state index in [2.05, 4.69) is 45.9 Å². The van der Waals surface area contributed by atoms with Crippen LogP contribution in [0.25, 0.3) is 0 Å². The second-order valence-electron chi connectivity index (χ2n) is 3.31. The van der Waals surface area contributed by atoms with Crippen molar-refractivity contribution in [1.29, 1.82) is 0 Å². The molecule has 1 fully saturated rings. The van der Waals surface area contributed by atoms with E-state index >= 15 is 0 Å². The average Bonchev–Trinajstić information content (AvgIpc) is 2.21. The van der Waals surface area contributed by atoms with E-state index in [9.17, 15) is 0 Å². The monoisotopic (exact) mass is 177 g/mol. The molecule has 0 radical (unpaired) electrons. The SMILES string of the molecule is c1ccc(CN2CNCNC2)cc1. The molecule has 0 amide bonds. The van der Waals surface area contributed by atoms with Gasteiger partial charge in [-0.1, -0.05) is 30.3 Å². The molecule has 3 nitrogen and oxygen atoms in total. The van der Waals surface area contributed by atoms with Gasteiger partial charge in [-0.05, 0) is 5.56 Å². The highest BCUT2D eigenvalue weighted by Crippen LogP contribution is 2.03. The second kappa shape index (κ2) is 4.37. The highest BCUT2D eigenvalue weighted by atomic mass is 15.4. The van der Waals surface area contributed by atoms with Gasteiger partial charge in [0.05, 0.1) is 13.3 Å². The standard InChI is InChI=1S/C10H15N3/c1-2-4-10(5-3-1)6-13-8-11-7-12-9-13/h1-5,11-12H,6-9H2. The molecule has 1 heterocycles. The third-order valence-corrected chi connectivity index (χ3v) is 2.17. The molecule has 0 saturated carbocycles. The fourth-order valence-corrected chi connectivity index (χ4v) is 1.53. The number of nitrogens with zero attached hydrogens (tertiary/aromatic N) is 1. The number of hydrogen-bond donors (Lipinski definition) is 2. The van der Waals surface area contributed by atoms with Gasteiger partial charge in [-0.25, -0.2) is 0 Å². The van der Waals surface area contributed by atoms with E-state index in [0.29, 0.717) is 0 Å². The molecule has 0 bridgehead atoms. The summed E-state index contributed by atoms with van der Waals surface area (Å²) in [5, 5.41) is 6.54. The molecule has 1 aromatic rings. The Morgan fingerprint density at radius 2 is 1.77 bits per heavy atom. The van der Waals surface area contributed by atoms with Crippen molar-refractivity contribution in [2.45, 2.75) is 6.54 Å². The molecule has 70 valence electrons. The third kappa shape index (κ3) is 2.52. The summed E-state index contributed by atoms with van der Waals surface area (Å²) in [6.45, 7) is 3.88. The molecule has 13 heavy (non-hydrogen) atoms. The minimum atomic E-state index is 0.922. The van der Waals surface area contributed by atoms with Gasteiger partial charge in [0.2, 0.25) is 0 Å². The zero-order valence-corrected chi connectivity index (χ0v) is 7.66. The van der Waals surface area contributed by atoms with Crippen LogP contribution in [0.3, 0.4) is 0 Å². The molecule has 3 heteroatoms. The zero-order valence-electron chi connectivity index (χ0n) is 7.66. The molecule has 0 aromatic heterocycles. The number of hydrogen-bond acceptors (Lipinski definition) is 3. The summed E-state index contributed by atoms with van der Waals surface area (Å²) < 4.78 is 0. The molecule has 0 atom stereocenters. The van der Waals surface area contributed by atoms with E-state index in [-0.39, 0.29) is 0 Å². The van der Waals surface area contributed by atoms with Crippen LogP contribution >= 0.6 is 0 Å². The zero-order chi connectivity index (χ0) is 8.93. The quantitative estimate of drug-likeness (QED) is 0.691. The topological polar surface area (TPSA) is 27.3 Å². The van der Waals surface area contributed by atoms with Gasteiger partial charge in [0.15, 0.2) is 0 Å². The molecule has 1 aliphatic heterocycles. The Morgan fingerprint density at radius 1 is 1.08 bits per heavy atom. The fraction of sp³-hybridized carbons (Fsp3) is 0.400. The van der Waals surface area contributed by atoms with Crippen LogP contribution in [0.15, 0.2) is 30.3 Å². The number of benzene rings is 1. The van der Waals surface area contributed by atoms with Crippen LogP contribution in [0, 0.1) is 0 Å². The van der Waals surface area contributed by atoms with Gasteiger partial charge in [-0.3, -0.25) is 15.5 Å². The molecule has 2 N–H and O–H groups in total. The van der Waals surface area contributed by atoms with Gasteiger partial charge in [0.25, 0.3) is 0 Å². The van der Waals surface area contributed by atoms with E-state index < -0.39 is 0 Å². The van der Waals surface area contributed by atoms with Crippen molar-refractivity contribution >= 4 is 0 Å². The van der Waals surface area contributed by atoms with Crippen LogP contribution in [0.5, 0.6) is 0 Å². The van der Waals surface area contributed by atoms with Gasteiger partial charge >= 0.3 is 0 Å². The first-order chi connectivity index (χ1) is 6.45. The maximum absolute atomic E-state index is 3.27. The summed E-state index contributed by atoms with van der Waals surface area (Å²) in [4.78, 5) is 2.33. The lowest BCUT2D eigenvalue weighted by Crippen LogP contribution is -2.50. The summed E-state index contributed by atoms with van der Waals surface area (Å²) in [6, 6.07) is 10.5. The summed E-state index contributed by atoms with van der Waals surface area (Å²) in [5.74, 6) is 0. The van der Waals surface area contributed by atoms with Crippen LogP contribution in [0.2, 0.25) is 0 Å². The Labute approximate surface area is 78.7 Å². The molecule has 1 saturated heterocycles. The first kappa shape index (κ1) is 8.69. The molecule has 1 aromatic carbocycles. The summed E-state index contributed by atoms with van der Waals surface area (Å²) >= 11 is 0. The van der Waals surface area contributed by atoms with Crippen LogP contribution < -0.4 is 10.6 Å². The van der Waals surface area contributed by atoms with E-state index in [4.69, 9.17) is 0 Å². The highest BCUT2D eigenvalue weighted by molar-refractivity contribution is 5.14. The maximum Gasteiger partial charge on any atom is 0.0506 e. The molecule has 1 aliphatic rings. The van der Waals surface area contributed by atoms with Crippen molar-refractivity contribution < 1.29 is 0 Å². The van der Waals surface area contributed by atoms with Crippen molar-refractivity contribution in [3.05, 3.63) is 35.9 Å². The van der Waals surface area contributed by atoms with E-state index in [1.165, 1.54) is 5.56 Å². The molecular weight excluding hydrogens is 162 g/mol. The lowest BCUT2D eigenvalue weighted by molar-refractivity contribution is 0.184. The average molecular weight is 177 g/mol. The maximum atomic E-state index is 3.27. The molecule has 0 spiro atoms. The summed E-state index contributed by atoms with van der Waals surface area (Å²) in [7, 11) is 0. The number of nitrogens with one attached hydrogen (secondary N) is 2. The third-order valence-electron chi connectivity index (χ3n) is 2.17. The Morgan fingerprint density at radius 3 is 2.46 bits per heavy atom. The highest BCUT2D eigenvalue weighted by Gasteiger charge is 2.07. The van der Waals surface area contributed by atoms with Crippen LogP contribution in [0.4, 0.5) is 0 Å². The predicted molar refractivity (Wildman–Crippen MR) is 52.9 cm³/mol. The van der Waals surface area contributed by atoms with Gasteiger partial charge < -0.3 is 0 Å². The van der Waals surface area contributed by atoms with Gasteiger partial charge in [0.1, 0.15) is 0 Å². The first-order valence-electron chi connectivity index (χ1n) is 4.63. The summed E-state index contributed by atoms with van der Waals surface area (Å²) in [5.41, 5.74) is 1.37. The van der Waals surface area contributed by atoms with Crippen molar-refractivity contribution in [2.24, 2.45) is 0 Å². The molecular formula is C10H15N3. The fourth-order valence-electron chi connectivity index (χ4n) is 1.53.